The van der Waals surface area contributed by atoms with Crippen molar-refractivity contribution in [1.29, 1.82) is 0 Å². The van der Waals surface area contributed by atoms with Gasteiger partial charge in [0.15, 0.2) is 0 Å². The molecule has 1 fully saturated rings. The summed E-state index contributed by atoms with van der Waals surface area (Å²) >= 11 is 8.34. The maximum absolute atomic E-state index is 14.0. The number of methoxy groups -OCH3 is 1. The van der Waals surface area contributed by atoms with Crippen molar-refractivity contribution in [1.82, 2.24) is 4.57 Å². The number of nitrogens with zero attached hydrogens (tertiary/aromatic N) is 2. The molecule has 0 bridgehead atoms. The van der Waals surface area contributed by atoms with Crippen LogP contribution in [0.15, 0.2) is 82.6 Å². The minimum Gasteiger partial charge on any atom is -0.497 e. The SMILES string of the molecule is COc1ccc(N2C(=O)C3Sc4c(sc(=O)n4CC(=O)Nc4cccc(C)c4)[C@H](c4ccc(Cl)cc4)C3C2=O)cc1. The highest BCUT2D eigenvalue weighted by atomic mass is 35.5. The highest BCUT2D eigenvalue weighted by molar-refractivity contribution is 8.00. The molecule has 2 aliphatic heterocycles. The van der Waals surface area contributed by atoms with Crippen LogP contribution in [0.4, 0.5) is 11.4 Å². The molecule has 1 N–H and O–H groups in total. The number of anilines is 2. The molecule has 1 aromatic heterocycles. The molecule has 0 aliphatic carbocycles. The number of carbonyl (C=O) groups excluding carboxylic acids is 3. The third-order valence-electron chi connectivity index (χ3n) is 7.21. The third-order valence-corrected chi connectivity index (χ3v) is 10.1. The molecule has 0 radical (unpaired) electrons. The second-order valence-corrected chi connectivity index (χ2v) is 12.4. The first-order valence-electron chi connectivity index (χ1n) is 12.8. The summed E-state index contributed by atoms with van der Waals surface area (Å²) in [7, 11) is 1.54. The van der Waals surface area contributed by atoms with E-state index in [4.69, 9.17) is 16.3 Å². The van der Waals surface area contributed by atoms with Crippen molar-refractivity contribution in [3.8, 4) is 5.75 Å². The van der Waals surface area contributed by atoms with E-state index in [9.17, 15) is 19.2 Å². The van der Waals surface area contributed by atoms with E-state index < -0.39 is 17.1 Å². The summed E-state index contributed by atoms with van der Waals surface area (Å²) in [4.78, 5) is 55.6. The Bertz CT molecular complexity index is 1730. The van der Waals surface area contributed by atoms with Crippen LogP contribution in [0.1, 0.15) is 21.9 Å². The first-order chi connectivity index (χ1) is 19.7. The number of thioether (sulfide) groups is 1. The number of imide groups is 1. The van der Waals surface area contributed by atoms with Gasteiger partial charge in [0.05, 0.1) is 23.7 Å². The predicted octanol–water partition coefficient (Wildman–Crippen LogP) is 5.31. The zero-order valence-corrected chi connectivity index (χ0v) is 24.4. The molecule has 1 saturated heterocycles. The van der Waals surface area contributed by atoms with Crippen molar-refractivity contribution in [2.45, 2.75) is 29.7 Å². The van der Waals surface area contributed by atoms with Crippen LogP contribution in [0, 0.1) is 12.8 Å². The monoisotopic (exact) mass is 605 g/mol. The Labute approximate surface area is 248 Å². The maximum atomic E-state index is 14.0. The smallest absolute Gasteiger partial charge is 0.308 e. The average Bonchev–Trinajstić information content (AvgIpc) is 3.40. The van der Waals surface area contributed by atoms with E-state index in [0.29, 0.717) is 32.1 Å². The molecule has 3 amide bonds. The van der Waals surface area contributed by atoms with Crippen molar-refractivity contribution < 1.29 is 19.1 Å². The van der Waals surface area contributed by atoms with Gasteiger partial charge >= 0.3 is 4.87 Å². The van der Waals surface area contributed by atoms with E-state index in [-0.39, 0.29) is 29.1 Å². The van der Waals surface area contributed by atoms with Gasteiger partial charge in [0.1, 0.15) is 17.5 Å². The minimum atomic E-state index is -0.780. The molecule has 6 rings (SSSR count). The summed E-state index contributed by atoms with van der Waals surface area (Å²) in [5.74, 6) is -1.77. The number of halogens is 1. The first kappa shape index (κ1) is 27.3. The highest BCUT2D eigenvalue weighted by Gasteiger charge is 2.56. The summed E-state index contributed by atoms with van der Waals surface area (Å²) in [6, 6.07) is 21.2. The van der Waals surface area contributed by atoms with E-state index in [1.807, 2.05) is 37.3 Å². The largest absolute Gasteiger partial charge is 0.497 e. The number of amides is 3. The number of aromatic nitrogens is 1. The van der Waals surface area contributed by atoms with Crippen LogP contribution in [0.2, 0.25) is 5.02 Å². The van der Waals surface area contributed by atoms with Crippen LogP contribution < -0.4 is 19.8 Å². The van der Waals surface area contributed by atoms with Crippen molar-refractivity contribution in [3.63, 3.8) is 0 Å². The third kappa shape index (κ3) is 4.96. The lowest BCUT2D eigenvalue weighted by Crippen LogP contribution is -2.33. The van der Waals surface area contributed by atoms with Crippen molar-refractivity contribution in [2.24, 2.45) is 5.92 Å². The van der Waals surface area contributed by atoms with Gasteiger partial charge in [-0.3, -0.25) is 23.7 Å². The molecular formula is C30H24ClN3O5S2. The number of hydrogen-bond acceptors (Lipinski definition) is 7. The molecule has 11 heteroatoms. The van der Waals surface area contributed by atoms with E-state index >= 15 is 0 Å². The van der Waals surface area contributed by atoms with Crippen molar-refractivity contribution in [2.75, 3.05) is 17.3 Å². The van der Waals surface area contributed by atoms with E-state index in [1.165, 1.54) is 21.2 Å². The number of nitrogens with one attached hydrogen (secondary N) is 1. The zero-order valence-electron chi connectivity index (χ0n) is 22.0. The fourth-order valence-corrected chi connectivity index (χ4v) is 8.24. The molecule has 8 nitrogen and oxygen atoms in total. The van der Waals surface area contributed by atoms with E-state index in [0.717, 1.165) is 22.5 Å². The molecule has 0 saturated carbocycles. The fraction of sp³-hybridized carbons (Fsp3) is 0.200. The summed E-state index contributed by atoms with van der Waals surface area (Å²) in [6.45, 7) is 1.70. The summed E-state index contributed by atoms with van der Waals surface area (Å²) in [6.07, 6.45) is 0. The van der Waals surface area contributed by atoms with Crippen LogP contribution in [0.25, 0.3) is 0 Å². The van der Waals surface area contributed by atoms with Crippen LogP contribution in [-0.2, 0) is 20.9 Å². The number of ether oxygens (including phenoxy) is 1. The van der Waals surface area contributed by atoms with Gasteiger partial charge in [0, 0.05) is 21.5 Å². The Morgan fingerprint density at radius 3 is 2.41 bits per heavy atom. The van der Waals surface area contributed by atoms with Crippen LogP contribution in [0.5, 0.6) is 5.75 Å². The van der Waals surface area contributed by atoms with E-state index in [1.54, 1.807) is 49.6 Å². The Hall–Kier alpha value is -3.86. The van der Waals surface area contributed by atoms with Crippen LogP contribution in [-0.4, -0.2) is 34.6 Å². The van der Waals surface area contributed by atoms with Gasteiger partial charge in [-0.2, -0.15) is 0 Å². The molecule has 2 unspecified atom stereocenters. The Morgan fingerprint density at radius 1 is 1.00 bits per heavy atom. The number of benzene rings is 3. The first-order valence-corrected chi connectivity index (χ1v) is 14.9. The van der Waals surface area contributed by atoms with Crippen molar-refractivity contribution in [3.05, 3.63) is 103 Å². The molecule has 3 atom stereocenters. The van der Waals surface area contributed by atoms with Gasteiger partial charge in [0.2, 0.25) is 17.7 Å². The van der Waals surface area contributed by atoms with Crippen molar-refractivity contribution >= 4 is 63.8 Å². The van der Waals surface area contributed by atoms with Gasteiger partial charge in [-0.05, 0) is 66.6 Å². The molecule has 3 heterocycles. The van der Waals surface area contributed by atoms with Gasteiger partial charge in [-0.25, -0.2) is 4.90 Å². The number of thiazole rings is 1. The van der Waals surface area contributed by atoms with E-state index in [2.05, 4.69) is 5.32 Å². The predicted molar refractivity (Wildman–Crippen MR) is 160 cm³/mol. The highest BCUT2D eigenvalue weighted by Crippen LogP contribution is 2.54. The average molecular weight is 606 g/mol. The number of carbonyl (C=O) groups is 3. The topological polar surface area (TPSA) is 97.7 Å². The molecule has 3 aromatic carbocycles. The normalized spacial score (nSPS) is 19.6. The molecular weight excluding hydrogens is 582 g/mol. The Kier molecular flexibility index (Phi) is 7.23. The fourth-order valence-electron chi connectivity index (χ4n) is 5.34. The Balaban J connectivity index is 1.40. The molecule has 208 valence electrons. The standard InChI is InChI=1S/C30H24ClN3O5S2/c1-16-4-3-5-19(14-16)32-22(35)15-33-29-26(41-30(33)38)23(17-6-8-18(31)9-7-17)24-25(40-29)28(37)34(27(24)36)20-10-12-21(39-2)13-11-20/h3-14,23-25H,15H2,1-2H3,(H,32,35)/t23-,24?,25?/m1/s1. The van der Waals surface area contributed by atoms with Gasteiger partial charge < -0.3 is 10.1 Å². The molecule has 0 spiro atoms. The van der Waals surface area contributed by atoms with Gasteiger partial charge in [-0.15, -0.1) is 0 Å². The number of rotatable bonds is 6. The second kappa shape index (κ2) is 10.8. The Morgan fingerprint density at radius 2 is 1.73 bits per heavy atom. The maximum Gasteiger partial charge on any atom is 0.308 e. The van der Waals surface area contributed by atoms with Gasteiger partial charge in [0.25, 0.3) is 0 Å². The lowest BCUT2D eigenvalue weighted by atomic mass is 9.83. The van der Waals surface area contributed by atoms with Crippen LogP contribution in [0.3, 0.4) is 0 Å². The zero-order chi connectivity index (χ0) is 28.8. The molecule has 41 heavy (non-hydrogen) atoms. The lowest BCUT2D eigenvalue weighted by molar-refractivity contribution is -0.122. The number of hydrogen-bond donors (Lipinski definition) is 1. The second-order valence-electron chi connectivity index (χ2n) is 9.84. The van der Waals surface area contributed by atoms with Crippen LogP contribution >= 0.6 is 34.7 Å². The quantitative estimate of drug-likeness (QED) is 0.299. The molecule has 2 aliphatic rings. The lowest BCUT2D eigenvalue weighted by Gasteiger charge is -2.30. The minimum absolute atomic E-state index is 0.222. The number of aryl methyl sites for hydroxylation is 1. The summed E-state index contributed by atoms with van der Waals surface area (Å²) in [5.41, 5.74) is 2.84. The van der Waals surface area contributed by atoms with Gasteiger partial charge in [-0.1, -0.05) is 59.0 Å². The molecule has 4 aromatic rings. The summed E-state index contributed by atoms with van der Waals surface area (Å²) in [5, 5.41) is 3.12. The summed E-state index contributed by atoms with van der Waals surface area (Å²) < 4.78 is 6.63. The number of fused-ring (bicyclic) bond motifs is 2.